The average molecular weight is 443 g/mol. The lowest BCUT2D eigenvalue weighted by molar-refractivity contribution is 0.305. The van der Waals surface area contributed by atoms with Gasteiger partial charge in [0.1, 0.15) is 23.2 Å². The van der Waals surface area contributed by atoms with Crippen LogP contribution in [0.4, 0.5) is 0 Å². The molecular weight excluding hydrogens is 424 g/mol. The molecule has 2 heterocycles. The molecule has 0 aliphatic rings. The molecule has 0 radical (unpaired) electrons. The number of aromatic nitrogens is 4. The average Bonchev–Trinajstić information content (AvgIpc) is 3.34. The highest BCUT2D eigenvalue weighted by Crippen LogP contribution is 2.24. The second-order valence-corrected chi connectivity index (χ2v) is 8.69. The number of hydrogen-bond acceptors (Lipinski definition) is 6. The van der Waals surface area contributed by atoms with E-state index in [0.29, 0.717) is 11.6 Å². The fraction of sp³-hybridized carbons (Fsp3) is 0.190. The summed E-state index contributed by atoms with van der Waals surface area (Å²) in [7, 11) is 0. The van der Waals surface area contributed by atoms with Crippen LogP contribution in [0.25, 0.3) is 0 Å². The Kier molecular flexibility index (Phi) is 6.49. The Bertz CT molecular complexity index is 1060. The van der Waals surface area contributed by atoms with Crippen LogP contribution >= 0.6 is 34.7 Å². The van der Waals surface area contributed by atoms with Crippen LogP contribution in [0, 0.1) is 6.92 Å². The van der Waals surface area contributed by atoms with Gasteiger partial charge in [0.05, 0.1) is 12.2 Å². The summed E-state index contributed by atoms with van der Waals surface area (Å²) in [6.45, 7) is 3.19. The van der Waals surface area contributed by atoms with E-state index in [9.17, 15) is 0 Å². The van der Waals surface area contributed by atoms with Crippen LogP contribution < -0.4 is 4.74 Å². The van der Waals surface area contributed by atoms with Crippen molar-refractivity contribution in [2.24, 2.45) is 0 Å². The second-order valence-electron chi connectivity index (χ2n) is 6.37. The lowest BCUT2D eigenvalue weighted by atomic mass is 10.2. The number of benzene rings is 2. The largest absolute Gasteiger partial charge is 0.486 e. The highest BCUT2D eigenvalue weighted by molar-refractivity contribution is 7.98. The van der Waals surface area contributed by atoms with Crippen molar-refractivity contribution >= 4 is 34.7 Å². The number of hydrogen-bond donors (Lipinski definition) is 0. The minimum absolute atomic E-state index is 0.445. The molecule has 2 aromatic heterocycles. The molecule has 0 bridgehead atoms. The summed E-state index contributed by atoms with van der Waals surface area (Å²) in [5.41, 5.74) is 2.24. The summed E-state index contributed by atoms with van der Waals surface area (Å²) >= 11 is 9.14. The van der Waals surface area contributed by atoms with Crippen LogP contribution in [-0.2, 0) is 18.9 Å². The van der Waals surface area contributed by atoms with Gasteiger partial charge in [0, 0.05) is 16.2 Å². The number of nitrogens with zero attached hydrogens (tertiary/aromatic N) is 4. The zero-order valence-corrected chi connectivity index (χ0v) is 18.2. The van der Waals surface area contributed by atoms with Gasteiger partial charge in [0.15, 0.2) is 5.16 Å². The third kappa shape index (κ3) is 5.38. The molecule has 0 amide bonds. The number of ether oxygens (including phenoxy) is 1. The zero-order chi connectivity index (χ0) is 20.1. The minimum atomic E-state index is 0.445. The van der Waals surface area contributed by atoms with Crippen LogP contribution in [0.5, 0.6) is 5.75 Å². The summed E-state index contributed by atoms with van der Waals surface area (Å²) in [6, 6.07) is 17.7. The first-order chi connectivity index (χ1) is 14.2. The first-order valence-corrected chi connectivity index (χ1v) is 11.3. The maximum Gasteiger partial charge on any atom is 0.191 e. The quantitative estimate of drug-likeness (QED) is 0.331. The summed E-state index contributed by atoms with van der Waals surface area (Å²) in [5.74, 6) is 2.43. The topological polar surface area (TPSA) is 52.8 Å². The number of halogens is 1. The van der Waals surface area contributed by atoms with E-state index < -0.39 is 0 Å². The van der Waals surface area contributed by atoms with E-state index in [2.05, 4.69) is 37.3 Å². The molecule has 0 atom stereocenters. The van der Waals surface area contributed by atoms with Crippen molar-refractivity contribution in [3.8, 4) is 5.75 Å². The predicted octanol–water partition coefficient (Wildman–Crippen LogP) is 5.62. The molecule has 0 aliphatic heterocycles. The van der Waals surface area contributed by atoms with Crippen molar-refractivity contribution in [3.63, 3.8) is 0 Å². The number of thiazole rings is 1. The maximum absolute atomic E-state index is 5.90. The smallest absolute Gasteiger partial charge is 0.191 e. The highest BCUT2D eigenvalue weighted by Gasteiger charge is 2.12. The fourth-order valence-electron chi connectivity index (χ4n) is 2.71. The molecule has 0 spiro atoms. The SMILES string of the molecule is Cc1nnc(SCc2csc(COc3ccc(Cl)cc3)n2)n1Cc1ccccc1. The zero-order valence-electron chi connectivity index (χ0n) is 15.8. The van der Waals surface area contributed by atoms with Crippen molar-refractivity contribution < 1.29 is 4.74 Å². The van der Waals surface area contributed by atoms with Gasteiger partial charge in [-0.1, -0.05) is 53.7 Å². The van der Waals surface area contributed by atoms with Gasteiger partial charge >= 0.3 is 0 Å². The molecule has 0 unspecified atom stereocenters. The van der Waals surface area contributed by atoms with Gasteiger partial charge in [-0.15, -0.1) is 21.5 Å². The van der Waals surface area contributed by atoms with Gasteiger partial charge in [-0.05, 0) is 36.8 Å². The minimum Gasteiger partial charge on any atom is -0.486 e. The van der Waals surface area contributed by atoms with Crippen molar-refractivity contribution in [3.05, 3.63) is 87.1 Å². The molecular formula is C21H19ClN4OS2. The summed E-state index contributed by atoms with van der Waals surface area (Å²) in [5, 5.41) is 13.2. The molecule has 2 aromatic carbocycles. The third-order valence-electron chi connectivity index (χ3n) is 4.21. The van der Waals surface area contributed by atoms with Gasteiger partial charge < -0.3 is 9.30 Å². The molecule has 0 fully saturated rings. The van der Waals surface area contributed by atoms with Crippen LogP contribution in [-0.4, -0.2) is 19.7 Å². The van der Waals surface area contributed by atoms with E-state index in [-0.39, 0.29) is 0 Å². The predicted molar refractivity (Wildman–Crippen MR) is 118 cm³/mol. The molecule has 0 saturated heterocycles. The second kappa shape index (κ2) is 9.43. The van der Waals surface area contributed by atoms with Crippen LogP contribution in [0.3, 0.4) is 0 Å². The summed E-state index contributed by atoms with van der Waals surface area (Å²) in [6.07, 6.45) is 0. The molecule has 5 nitrogen and oxygen atoms in total. The molecule has 29 heavy (non-hydrogen) atoms. The van der Waals surface area contributed by atoms with Gasteiger partial charge in [0.2, 0.25) is 0 Å². The van der Waals surface area contributed by atoms with E-state index in [1.54, 1.807) is 23.1 Å². The summed E-state index contributed by atoms with van der Waals surface area (Å²) in [4.78, 5) is 4.67. The fourth-order valence-corrected chi connectivity index (χ4v) is 4.52. The van der Waals surface area contributed by atoms with Gasteiger partial charge in [0.25, 0.3) is 0 Å². The molecule has 4 aromatic rings. The molecule has 8 heteroatoms. The van der Waals surface area contributed by atoms with E-state index in [1.165, 1.54) is 5.56 Å². The molecule has 148 valence electrons. The standard InChI is InChI=1S/C21H19ClN4OS2/c1-15-24-25-21(26(15)11-16-5-3-2-4-6-16)29-14-18-13-28-20(23-18)12-27-19-9-7-17(22)8-10-19/h2-10,13H,11-12,14H2,1H3. The molecule has 4 rings (SSSR count). The third-order valence-corrected chi connectivity index (χ3v) is 6.33. The van der Waals surface area contributed by atoms with E-state index in [0.717, 1.165) is 39.7 Å². The number of thioether (sulfide) groups is 1. The van der Waals surface area contributed by atoms with Crippen molar-refractivity contribution in [1.29, 1.82) is 0 Å². The van der Waals surface area contributed by atoms with Gasteiger partial charge in [-0.2, -0.15) is 0 Å². The Morgan fingerprint density at radius 2 is 1.86 bits per heavy atom. The lowest BCUT2D eigenvalue weighted by Gasteiger charge is -2.08. The van der Waals surface area contributed by atoms with Gasteiger partial charge in [-0.25, -0.2) is 4.98 Å². The van der Waals surface area contributed by atoms with Crippen molar-refractivity contribution in [2.45, 2.75) is 31.0 Å². The maximum atomic E-state index is 5.90. The van der Waals surface area contributed by atoms with Gasteiger partial charge in [-0.3, -0.25) is 0 Å². The van der Waals surface area contributed by atoms with Crippen molar-refractivity contribution in [1.82, 2.24) is 19.7 Å². The number of rotatable bonds is 8. The van der Waals surface area contributed by atoms with E-state index in [1.807, 2.05) is 49.4 Å². The number of aryl methyl sites for hydroxylation is 1. The van der Waals surface area contributed by atoms with Crippen LogP contribution in [0.15, 0.2) is 65.1 Å². The highest BCUT2D eigenvalue weighted by atomic mass is 35.5. The summed E-state index contributed by atoms with van der Waals surface area (Å²) < 4.78 is 7.90. The Labute approximate surface area is 182 Å². The first kappa shape index (κ1) is 19.9. The van der Waals surface area contributed by atoms with Crippen LogP contribution in [0.2, 0.25) is 5.02 Å². The normalized spacial score (nSPS) is 11.0. The van der Waals surface area contributed by atoms with Crippen LogP contribution in [0.1, 0.15) is 22.1 Å². The van der Waals surface area contributed by atoms with E-state index >= 15 is 0 Å². The molecule has 0 N–H and O–H groups in total. The van der Waals surface area contributed by atoms with E-state index in [4.69, 9.17) is 16.3 Å². The van der Waals surface area contributed by atoms with Crippen molar-refractivity contribution in [2.75, 3.05) is 0 Å². The first-order valence-electron chi connectivity index (χ1n) is 9.05. The Morgan fingerprint density at radius 3 is 2.66 bits per heavy atom. The molecule has 0 aliphatic carbocycles. The monoisotopic (exact) mass is 442 g/mol. The Morgan fingerprint density at radius 1 is 1.07 bits per heavy atom. The molecule has 0 saturated carbocycles. The Balaban J connectivity index is 1.35. The lowest BCUT2D eigenvalue weighted by Crippen LogP contribution is -2.04. The Hall–Kier alpha value is -2.35.